The molecule has 0 bridgehead atoms. The zero-order chi connectivity index (χ0) is 41.0. The molecular weight excluding hydrogens is 775 g/mol. The van der Waals surface area contributed by atoms with E-state index in [2.05, 4.69) is 193 Å². The molecule has 4 aromatic heterocycles. The van der Waals surface area contributed by atoms with Crippen molar-refractivity contribution in [2.75, 3.05) is 0 Å². The van der Waals surface area contributed by atoms with Crippen LogP contribution in [0, 0.1) is 0 Å². The molecule has 0 aliphatic rings. The van der Waals surface area contributed by atoms with Gasteiger partial charge in [0, 0.05) is 58.9 Å². The van der Waals surface area contributed by atoms with Gasteiger partial charge in [-0.1, -0.05) is 176 Å². The Bertz CT molecular complexity index is 3630. The highest BCUT2D eigenvalue weighted by atomic mass is 32.1. The quantitative estimate of drug-likeness (QED) is 0.161. The molecule has 0 fully saturated rings. The normalized spacial score (nSPS) is 11.5. The number of pyridine rings is 1. The van der Waals surface area contributed by atoms with Gasteiger partial charge in [-0.25, -0.2) is 19.5 Å². The Labute approximate surface area is 361 Å². The fourth-order valence-electron chi connectivity index (χ4n) is 8.68. The van der Waals surface area contributed by atoms with Gasteiger partial charge in [-0.3, -0.25) is 0 Å². The summed E-state index contributed by atoms with van der Waals surface area (Å²) in [6.45, 7) is 0. The lowest BCUT2D eigenvalue weighted by Crippen LogP contribution is -2.00. The van der Waals surface area contributed by atoms with Crippen molar-refractivity contribution in [2.45, 2.75) is 0 Å². The Morgan fingerprint density at radius 3 is 1.58 bits per heavy atom. The highest BCUT2D eigenvalue weighted by molar-refractivity contribution is 7.25. The van der Waals surface area contributed by atoms with Gasteiger partial charge in [-0.15, -0.1) is 11.3 Å². The number of hydrogen-bond acceptors (Lipinski definition) is 5. The molecule has 0 saturated heterocycles. The first-order chi connectivity index (χ1) is 30.7. The van der Waals surface area contributed by atoms with Crippen LogP contribution in [-0.4, -0.2) is 24.6 Å². The van der Waals surface area contributed by atoms with Crippen LogP contribution in [0.25, 0.3) is 115 Å². The van der Waals surface area contributed by atoms with Crippen molar-refractivity contribution in [3.63, 3.8) is 0 Å². The predicted molar refractivity (Wildman–Crippen MR) is 257 cm³/mol. The van der Waals surface area contributed by atoms with Gasteiger partial charge in [0.05, 0.1) is 11.2 Å². The molecule has 0 N–H and O–H groups in total. The van der Waals surface area contributed by atoms with Crippen molar-refractivity contribution in [3.05, 3.63) is 212 Å². The molecule has 0 aliphatic carbocycles. The maximum Gasteiger partial charge on any atom is 0.164 e. The Morgan fingerprint density at radius 2 is 0.855 bits per heavy atom. The van der Waals surface area contributed by atoms with E-state index in [4.69, 9.17) is 20.1 Å². The van der Waals surface area contributed by atoms with Crippen molar-refractivity contribution < 1.29 is 0 Å². The van der Waals surface area contributed by atoms with Gasteiger partial charge >= 0.3 is 0 Å². The summed E-state index contributed by atoms with van der Waals surface area (Å²) < 4.78 is 4.71. The summed E-state index contributed by atoms with van der Waals surface area (Å²) in [5.41, 5.74) is 12.2. The summed E-state index contributed by atoms with van der Waals surface area (Å²) in [4.78, 5) is 15.5. The lowest BCUT2D eigenvalue weighted by Gasteiger charge is -2.12. The topological polar surface area (TPSA) is 56.0 Å². The van der Waals surface area contributed by atoms with Crippen molar-refractivity contribution in [1.29, 1.82) is 0 Å². The van der Waals surface area contributed by atoms with Crippen LogP contribution in [-0.2, 0) is 0 Å². The predicted octanol–water partition coefficient (Wildman–Crippen LogP) is 14.7. The first-order valence-electron chi connectivity index (χ1n) is 20.7. The molecule has 0 amide bonds. The molecule has 4 heterocycles. The van der Waals surface area contributed by atoms with Crippen LogP contribution in [0.15, 0.2) is 212 Å². The van der Waals surface area contributed by atoms with Gasteiger partial charge in [0.1, 0.15) is 5.69 Å². The molecule has 0 saturated carbocycles. The van der Waals surface area contributed by atoms with Gasteiger partial charge < -0.3 is 0 Å². The molecular formula is C56H35N5S. The van der Waals surface area contributed by atoms with Crippen molar-refractivity contribution in [2.24, 2.45) is 0 Å². The van der Waals surface area contributed by atoms with Gasteiger partial charge in [-0.05, 0) is 58.5 Å². The second-order valence-corrected chi connectivity index (χ2v) is 16.6. The molecule has 0 aliphatic heterocycles. The average Bonchev–Trinajstić information content (AvgIpc) is 3.94. The third-order valence-corrected chi connectivity index (χ3v) is 12.8. The summed E-state index contributed by atoms with van der Waals surface area (Å²) in [5, 5.41) is 10.3. The maximum absolute atomic E-state index is 5.43. The maximum atomic E-state index is 5.43. The minimum atomic E-state index is 0.597. The summed E-state index contributed by atoms with van der Waals surface area (Å²) >= 11 is 1.83. The van der Waals surface area contributed by atoms with Crippen molar-refractivity contribution in [3.8, 4) is 78.9 Å². The largest absolute Gasteiger partial charge is 0.231 e. The first-order valence-corrected chi connectivity index (χ1v) is 21.5. The van der Waals surface area contributed by atoms with Crippen molar-refractivity contribution in [1.82, 2.24) is 24.6 Å². The van der Waals surface area contributed by atoms with Crippen LogP contribution < -0.4 is 0 Å². The Hall–Kier alpha value is -8.06. The lowest BCUT2D eigenvalue weighted by molar-refractivity contribution is 0.979. The number of nitrogens with zero attached hydrogens (tertiary/aromatic N) is 5. The van der Waals surface area contributed by atoms with Crippen LogP contribution in [0.1, 0.15) is 0 Å². The zero-order valence-electron chi connectivity index (χ0n) is 33.4. The third-order valence-electron chi connectivity index (χ3n) is 11.6. The summed E-state index contributed by atoms with van der Waals surface area (Å²) in [7, 11) is 0. The van der Waals surface area contributed by atoms with E-state index >= 15 is 0 Å². The van der Waals surface area contributed by atoms with Gasteiger partial charge in [0.25, 0.3) is 0 Å². The SMILES string of the molecule is c1ccc(-c2nc(-c3cccc(-c4ccc5sc6ccccc6c5c4)c3)nc(-c3cccc(-c4c(-c5ccccc5)nn5c(-c6ccccc6)cc6ccccc6c45)c3)n2)cc1. The van der Waals surface area contributed by atoms with E-state index in [1.807, 2.05) is 35.6 Å². The van der Waals surface area contributed by atoms with Crippen LogP contribution >= 0.6 is 11.3 Å². The Morgan fingerprint density at radius 1 is 0.339 bits per heavy atom. The number of aromatic nitrogens is 5. The zero-order valence-corrected chi connectivity index (χ0v) is 34.2. The minimum Gasteiger partial charge on any atom is -0.231 e. The number of rotatable bonds is 7. The molecule has 0 radical (unpaired) electrons. The number of hydrogen-bond donors (Lipinski definition) is 0. The van der Waals surface area contributed by atoms with Gasteiger partial charge in [0.2, 0.25) is 0 Å². The number of thiophene rings is 1. The highest BCUT2D eigenvalue weighted by Crippen LogP contribution is 2.42. The van der Waals surface area contributed by atoms with E-state index < -0.39 is 0 Å². The van der Waals surface area contributed by atoms with Crippen molar-refractivity contribution >= 4 is 47.8 Å². The molecule has 5 nitrogen and oxygen atoms in total. The Kier molecular flexibility index (Phi) is 8.61. The van der Waals surface area contributed by atoms with E-state index in [1.165, 1.54) is 20.2 Å². The second-order valence-electron chi connectivity index (χ2n) is 15.5. The fourth-order valence-corrected chi connectivity index (χ4v) is 9.77. The van der Waals surface area contributed by atoms with Crippen LogP contribution in [0.3, 0.4) is 0 Å². The van der Waals surface area contributed by atoms with E-state index in [-0.39, 0.29) is 0 Å². The smallest absolute Gasteiger partial charge is 0.164 e. The fraction of sp³-hybridized carbons (Fsp3) is 0. The van der Waals surface area contributed by atoms with E-state index in [0.717, 1.165) is 77.7 Å². The highest BCUT2D eigenvalue weighted by Gasteiger charge is 2.23. The molecule has 8 aromatic carbocycles. The minimum absolute atomic E-state index is 0.597. The monoisotopic (exact) mass is 809 g/mol. The molecule has 12 aromatic rings. The Balaban J connectivity index is 1.04. The average molecular weight is 810 g/mol. The molecule has 0 spiro atoms. The summed E-state index contributed by atoms with van der Waals surface area (Å²) in [5.74, 6) is 1.83. The molecule has 0 unspecified atom stereocenters. The third kappa shape index (κ3) is 6.24. The lowest BCUT2D eigenvalue weighted by atomic mass is 9.95. The molecule has 12 rings (SSSR count). The van der Waals surface area contributed by atoms with Gasteiger partial charge in [-0.2, -0.15) is 5.10 Å². The molecule has 290 valence electrons. The summed E-state index contributed by atoms with van der Waals surface area (Å²) in [6.07, 6.45) is 0. The van der Waals surface area contributed by atoms with E-state index in [9.17, 15) is 0 Å². The molecule has 0 atom stereocenters. The van der Waals surface area contributed by atoms with Crippen LogP contribution in [0.5, 0.6) is 0 Å². The van der Waals surface area contributed by atoms with Gasteiger partial charge in [0.15, 0.2) is 17.5 Å². The van der Waals surface area contributed by atoms with Crippen LogP contribution in [0.2, 0.25) is 0 Å². The second kappa shape index (κ2) is 14.9. The molecule has 6 heteroatoms. The van der Waals surface area contributed by atoms with E-state index in [0.29, 0.717) is 17.5 Å². The number of benzene rings is 8. The number of fused-ring (bicyclic) bond motifs is 6. The van der Waals surface area contributed by atoms with Crippen LogP contribution in [0.4, 0.5) is 0 Å². The summed E-state index contributed by atoms with van der Waals surface area (Å²) in [6, 6.07) is 74.5. The molecule has 62 heavy (non-hydrogen) atoms. The first kappa shape index (κ1) is 35.8. The van der Waals surface area contributed by atoms with E-state index in [1.54, 1.807) is 0 Å². The standard InChI is InChI=1S/C56H35N5S/c1-4-16-36(17-5-1)48-35-41-22-10-11-27-45(41)53-51(52(60-61(48)53)37-18-6-2-7-19-37)42-24-15-26-44(33-42)56-58-54(38-20-8-3-9-21-38)57-55(59-56)43-25-14-23-39(32-43)40-30-31-50-47(34-40)46-28-12-13-29-49(46)62-50/h1-35H.